The molecule has 0 saturated heterocycles. The lowest BCUT2D eigenvalue weighted by atomic mass is 9.96. The monoisotopic (exact) mass is 254 g/mol. The fraction of sp³-hybridized carbons (Fsp3) is 0.500. The molecule has 2 rings (SSSR count). The SMILES string of the molecule is COc1cc(C)ccc1C1(CBr)CC1. The van der Waals surface area contributed by atoms with E-state index in [9.17, 15) is 0 Å². The van der Waals surface area contributed by atoms with Crippen LogP contribution < -0.4 is 4.74 Å². The average molecular weight is 255 g/mol. The Hall–Kier alpha value is -0.500. The Morgan fingerprint density at radius 3 is 2.64 bits per heavy atom. The van der Waals surface area contributed by atoms with Crippen molar-refractivity contribution in [3.63, 3.8) is 0 Å². The van der Waals surface area contributed by atoms with E-state index in [1.54, 1.807) is 7.11 Å². The molecule has 0 bridgehead atoms. The van der Waals surface area contributed by atoms with Gasteiger partial charge in [-0.2, -0.15) is 0 Å². The van der Waals surface area contributed by atoms with Crippen molar-refractivity contribution in [1.82, 2.24) is 0 Å². The minimum absolute atomic E-state index is 0.360. The smallest absolute Gasteiger partial charge is 0.122 e. The summed E-state index contributed by atoms with van der Waals surface area (Å²) in [6.45, 7) is 2.10. The first-order valence-corrected chi connectivity index (χ1v) is 6.05. The Morgan fingerprint density at radius 1 is 1.43 bits per heavy atom. The molecule has 0 unspecified atom stereocenters. The Balaban J connectivity index is 2.42. The molecule has 0 aromatic heterocycles. The molecule has 1 aromatic rings. The topological polar surface area (TPSA) is 9.23 Å². The van der Waals surface area contributed by atoms with E-state index in [2.05, 4.69) is 41.1 Å². The van der Waals surface area contributed by atoms with Crippen LogP contribution >= 0.6 is 15.9 Å². The number of benzene rings is 1. The van der Waals surface area contributed by atoms with Crippen LogP contribution in [0.1, 0.15) is 24.0 Å². The molecule has 76 valence electrons. The summed E-state index contributed by atoms with van der Waals surface area (Å²) in [4.78, 5) is 0. The third kappa shape index (κ3) is 1.56. The van der Waals surface area contributed by atoms with Crippen LogP contribution in [-0.4, -0.2) is 12.4 Å². The zero-order chi connectivity index (χ0) is 10.2. The van der Waals surface area contributed by atoms with Gasteiger partial charge in [0.15, 0.2) is 0 Å². The van der Waals surface area contributed by atoms with Gasteiger partial charge in [0.25, 0.3) is 0 Å². The van der Waals surface area contributed by atoms with E-state index in [0.717, 1.165) is 11.1 Å². The minimum atomic E-state index is 0.360. The molecule has 2 heteroatoms. The second-order valence-electron chi connectivity index (χ2n) is 4.12. The molecular weight excluding hydrogens is 240 g/mol. The molecule has 1 aliphatic rings. The van der Waals surface area contributed by atoms with E-state index in [1.165, 1.54) is 24.0 Å². The van der Waals surface area contributed by atoms with Crippen molar-refractivity contribution in [1.29, 1.82) is 0 Å². The molecule has 1 nitrogen and oxygen atoms in total. The number of ether oxygens (including phenoxy) is 1. The molecule has 1 saturated carbocycles. The van der Waals surface area contributed by atoms with Crippen molar-refractivity contribution in [2.45, 2.75) is 25.2 Å². The van der Waals surface area contributed by atoms with Crippen molar-refractivity contribution in [2.75, 3.05) is 12.4 Å². The third-order valence-corrected chi connectivity index (χ3v) is 4.11. The first-order valence-electron chi connectivity index (χ1n) is 4.93. The van der Waals surface area contributed by atoms with E-state index < -0.39 is 0 Å². The van der Waals surface area contributed by atoms with E-state index in [0.29, 0.717) is 5.41 Å². The number of methoxy groups -OCH3 is 1. The molecule has 0 amide bonds. The van der Waals surface area contributed by atoms with Gasteiger partial charge in [0.1, 0.15) is 5.75 Å². The standard InChI is InChI=1S/C12H15BrO/c1-9-3-4-10(11(7-9)14-2)12(8-13)5-6-12/h3-4,7H,5-6,8H2,1-2H3. The summed E-state index contributed by atoms with van der Waals surface area (Å²) in [5.41, 5.74) is 2.98. The maximum Gasteiger partial charge on any atom is 0.122 e. The molecule has 0 spiro atoms. The van der Waals surface area contributed by atoms with Gasteiger partial charge in [-0.1, -0.05) is 28.1 Å². The molecule has 0 radical (unpaired) electrons. The van der Waals surface area contributed by atoms with Gasteiger partial charge in [0.2, 0.25) is 0 Å². The normalized spacial score (nSPS) is 17.9. The second kappa shape index (κ2) is 3.58. The maximum absolute atomic E-state index is 5.43. The Labute approximate surface area is 93.6 Å². The van der Waals surface area contributed by atoms with Crippen LogP contribution in [0.3, 0.4) is 0 Å². The van der Waals surface area contributed by atoms with Crippen LogP contribution in [0.5, 0.6) is 5.75 Å². The lowest BCUT2D eigenvalue weighted by Crippen LogP contribution is -2.09. The molecule has 1 aliphatic carbocycles. The number of alkyl halides is 1. The Bertz CT molecular complexity index is 342. The number of aryl methyl sites for hydroxylation is 1. The van der Waals surface area contributed by atoms with E-state index in [-0.39, 0.29) is 0 Å². The molecule has 0 heterocycles. The van der Waals surface area contributed by atoms with Crippen LogP contribution in [0.2, 0.25) is 0 Å². The van der Waals surface area contributed by atoms with E-state index in [4.69, 9.17) is 4.74 Å². The summed E-state index contributed by atoms with van der Waals surface area (Å²) < 4.78 is 5.43. The van der Waals surface area contributed by atoms with Crippen LogP contribution in [0.25, 0.3) is 0 Å². The highest BCUT2D eigenvalue weighted by molar-refractivity contribution is 9.09. The summed E-state index contributed by atoms with van der Waals surface area (Å²) in [6, 6.07) is 6.50. The molecule has 14 heavy (non-hydrogen) atoms. The molecule has 0 atom stereocenters. The van der Waals surface area contributed by atoms with E-state index in [1.807, 2.05) is 0 Å². The van der Waals surface area contributed by atoms with Gasteiger partial charge < -0.3 is 4.74 Å². The highest BCUT2D eigenvalue weighted by Crippen LogP contribution is 2.52. The number of rotatable bonds is 3. The summed E-state index contributed by atoms with van der Waals surface area (Å²) in [5.74, 6) is 1.04. The fourth-order valence-corrected chi connectivity index (χ4v) is 2.73. The predicted octanol–water partition coefficient (Wildman–Crippen LogP) is 3.43. The zero-order valence-electron chi connectivity index (χ0n) is 8.64. The van der Waals surface area contributed by atoms with E-state index >= 15 is 0 Å². The maximum atomic E-state index is 5.43. The zero-order valence-corrected chi connectivity index (χ0v) is 10.2. The fourth-order valence-electron chi connectivity index (χ4n) is 1.86. The average Bonchev–Trinajstić information content (AvgIpc) is 2.98. The Kier molecular flexibility index (Phi) is 2.56. The predicted molar refractivity (Wildman–Crippen MR) is 62.4 cm³/mol. The van der Waals surface area contributed by atoms with Crippen LogP contribution in [0.4, 0.5) is 0 Å². The molecule has 0 N–H and O–H groups in total. The number of halogens is 1. The quantitative estimate of drug-likeness (QED) is 0.752. The van der Waals surface area contributed by atoms with Crippen molar-refractivity contribution in [3.8, 4) is 5.75 Å². The van der Waals surface area contributed by atoms with Crippen molar-refractivity contribution >= 4 is 15.9 Å². The van der Waals surface area contributed by atoms with Crippen molar-refractivity contribution in [2.24, 2.45) is 0 Å². The third-order valence-electron chi connectivity index (χ3n) is 3.04. The summed E-state index contributed by atoms with van der Waals surface area (Å²) in [6.07, 6.45) is 2.55. The summed E-state index contributed by atoms with van der Waals surface area (Å²) in [7, 11) is 1.75. The number of hydrogen-bond donors (Lipinski definition) is 0. The van der Waals surface area contributed by atoms with Gasteiger partial charge in [0.05, 0.1) is 7.11 Å². The van der Waals surface area contributed by atoms with Gasteiger partial charge >= 0.3 is 0 Å². The first kappa shape index (κ1) is 10.0. The van der Waals surface area contributed by atoms with Crippen LogP contribution in [0.15, 0.2) is 18.2 Å². The molecular formula is C12H15BrO. The van der Waals surface area contributed by atoms with Gasteiger partial charge in [-0.25, -0.2) is 0 Å². The van der Waals surface area contributed by atoms with Crippen molar-refractivity contribution in [3.05, 3.63) is 29.3 Å². The summed E-state index contributed by atoms with van der Waals surface area (Å²) >= 11 is 3.60. The molecule has 0 aliphatic heterocycles. The lowest BCUT2D eigenvalue weighted by molar-refractivity contribution is 0.405. The highest BCUT2D eigenvalue weighted by Gasteiger charge is 2.44. The number of hydrogen-bond acceptors (Lipinski definition) is 1. The van der Waals surface area contributed by atoms with Gasteiger partial charge in [-0.15, -0.1) is 0 Å². The lowest BCUT2D eigenvalue weighted by Gasteiger charge is -2.16. The minimum Gasteiger partial charge on any atom is -0.496 e. The molecule has 1 fully saturated rings. The largest absolute Gasteiger partial charge is 0.496 e. The second-order valence-corrected chi connectivity index (χ2v) is 4.68. The van der Waals surface area contributed by atoms with Gasteiger partial charge in [0, 0.05) is 16.3 Å². The van der Waals surface area contributed by atoms with Crippen molar-refractivity contribution < 1.29 is 4.74 Å². The van der Waals surface area contributed by atoms with Crippen LogP contribution in [-0.2, 0) is 5.41 Å². The summed E-state index contributed by atoms with van der Waals surface area (Å²) in [5, 5.41) is 1.04. The highest BCUT2D eigenvalue weighted by atomic mass is 79.9. The van der Waals surface area contributed by atoms with Gasteiger partial charge in [-0.3, -0.25) is 0 Å². The van der Waals surface area contributed by atoms with Crippen LogP contribution in [0, 0.1) is 6.92 Å². The molecule has 1 aromatic carbocycles. The first-order chi connectivity index (χ1) is 6.72. The Morgan fingerprint density at radius 2 is 2.14 bits per heavy atom. The van der Waals surface area contributed by atoms with Gasteiger partial charge in [-0.05, 0) is 31.4 Å².